The van der Waals surface area contributed by atoms with Crippen molar-refractivity contribution in [3.63, 3.8) is 0 Å². The summed E-state index contributed by atoms with van der Waals surface area (Å²) >= 11 is 0. The van der Waals surface area contributed by atoms with Crippen LogP contribution in [0, 0.1) is 5.92 Å². The molecule has 144 valence electrons. The fraction of sp³-hybridized carbons (Fsp3) is 0.600. The second-order valence-corrected chi connectivity index (χ2v) is 6.70. The van der Waals surface area contributed by atoms with Gasteiger partial charge in [-0.3, -0.25) is 9.59 Å². The van der Waals surface area contributed by atoms with Crippen LogP contribution in [0.15, 0.2) is 18.2 Å². The Morgan fingerprint density at radius 1 is 1.23 bits per heavy atom. The molecule has 0 bridgehead atoms. The van der Waals surface area contributed by atoms with E-state index in [4.69, 9.17) is 14.2 Å². The van der Waals surface area contributed by atoms with Crippen LogP contribution in [0.1, 0.15) is 49.5 Å². The smallest absolute Gasteiger partial charge is 0.309 e. The third kappa shape index (κ3) is 5.21. The number of benzene rings is 1. The Hall–Kier alpha value is -2.08. The summed E-state index contributed by atoms with van der Waals surface area (Å²) in [4.78, 5) is 26.4. The molecule has 0 saturated carbocycles. The van der Waals surface area contributed by atoms with Crippen LogP contribution >= 0.6 is 0 Å². The maximum atomic E-state index is 12.8. The fourth-order valence-electron chi connectivity index (χ4n) is 3.04. The Kier molecular flexibility index (Phi) is 7.45. The van der Waals surface area contributed by atoms with Crippen LogP contribution in [-0.2, 0) is 20.9 Å². The summed E-state index contributed by atoms with van der Waals surface area (Å²) in [7, 11) is 1.61. The second kappa shape index (κ2) is 9.57. The van der Waals surface area contributed by atoms with E-state index in [1.54, 1.807) is 31.1 Å². The number of nitrogens with zero attached hydrogens (tertiary/aromatic N) is 1. The van der Waals surface area contributed by atoms with Crippen LogP contribution in [0.25, 0.3) is 0 Å². The van der Waals surface area contributed by atoms with Gasteiger partial charge in [-0.05, 0) is 51.8 Å². The number of piperidine rings is 1. The first-order valence-electron chi connectivity index (χ1n) is 9.20. The van der Waals surface area contributed by atoms with Gasteiger partial charge in [0.15, 0.2) is 0 Å². The summed E-state index contributed by atoms with van der Waals surface area (Å²) < 4.78 is 16.1. The first kappa shape index (κ1) is 20.2. The number of carbonyl (C=O) groups is 2. The van der Waals surface area contributed by atoms with Crippen LogP contribution < -0.4 is 4.74 Å². The molecule has 1 aromatic rings. The van der Waals surface area contributed by atoms with Gasteiger partial charge in [0.25, 0.3) is 5.91 Å². The van der Waals surface area contributed by atoms with Gasteiger partial charge in [-0.25, -0.2) is 0 Å². The van der Waals surface area contributed by atoms with E-state index in [2.05, 4.69) is 0 Å². The Morgan fingerprint density at radius 3 is 2.50 bits per heavy atom. The van der Waals surface area contributed by atoms with Gasteiger partial charge >= 0.3 is 5.97 Å². The van der Waals surface area contributed by atoms with Crippen LogP contribution in [0.4, 0.5) is 0 Å². The standard InChI is InChI=1S/C20H29NO5/c1-5-25-20(23)15-8-10-21(11-9-15)19(22)16-6-7-18(24-4)17(12-16)13-26-14(2)3/h6-7,12,14-15H,5,8-11,13H2,1-4H3. The number of likely N-dealkylation sites (tertiary alicyclic amines) is 1. The number of esters is 1. The highest BCUT2D eigenvalue weighted by Crippen LogP contribution is 2.24. The lowest BCUT2D eigenvalue weighted by Gasteiger charge is -2.31. The van der Waals surface area contributed by atoms with Gasteiger partial charge in [0.1, 0.15) is 5.75 Å². The highest BCUT2D eigenvalue weighted by molar-refractivity contribution is 5.94. The summed E-state index contributed by atoms with van der Waals surface area (Å²) in [5.74, 6) is 0.422. The van der Waals surface area contributed by atoms with Gasteiger partial charge in [0.05, 0.1) is 32.3 Å². The van der Waals surface area contributed by atoms with Gasteiger partial charge in [0.2, 0.25) is 0 Å². The molecule has 0 radical (unpaired) electrons. The lowest BCUT2D eigenvalue weighted by Crippen LogP contribution is -2.40. The molecule has 1 aliphatic heterocycles. The lowest BCUT2D eigenvalue weighted by molar-refractivity contribution is -0.149. The topological polar surface area (TPSA) is 65.1 Å². The predicted octanol–water partition coefficient (Wildman–Crippen LogP) is 3.04. The normalized spacial score (nSPS) is 15.2. The molecular weight excluding hydrogens is 334 g/mol. The highest BCUT2D eigenvalue weighted by Gasteiger charge is 2.28. The number of rotatable bonds is 7. The molecule has 1 aromatic carbocycles. The van der Waals surface area contributed by atoms with E-state index >= 15 is 0 Å². The molecule has 1 fully saturated rings. The monoisotopic (exact) mass is 363 g/mol. The zero-order chi connectivity index (χ0) is 19.1. The molecule has 1 saturated heterocycles. The molecule has 0 aliphatic carbocycles. The Morgan fingerprint density at radius 2 is 1.92 bits per heavy atom. The van der Waals surface area contributed by atoms with E-state index in [1.165, 1.54) is 0 Å². The molecular formula is C20H29NO5. The second-order valence-electron chi connectivity index (χ2n) is 6.70. The molecule has 1 amide bonds. The van der Waals surface area contributed by atoms with Gasteiger partial charge in [-0.1, -0.05) is 0 Å². The average molecular weight is 363 g/mol. The highest BCUT2D eigenvalue weighted by atomic mass is 16.5. The minimum atomic E-state index is -0.155. The van der Waals surface area contributed by atoms with Crippen molar-refractivity contribution >= 4 is 11.9 Å². The zero-order valence-electron chi connectivity index (χ0n) is 16.1. The van der Waals surface area contributed by atoms with Crippen LogP contribution in [0.5, 0.6) is 5.75 Å². The van der Waals surface area contributed by atoms with Crippen molar-refractivity contribution in [1.82, 2.24) is 4.90 Å². The maximum absolute atomic E-state index is 12.8. The number of hydrogen-bond donors (Lipinski definition) is 0. The lowest BCUT2D eigenvalue weighted by atomic mass is 9.96. The first-order valence-corrected chi connectivity index (χ1v) is 9.20. The summed E-state index contributed by atoms with van der Waals surface area (Å²) in [5.41, 5.74) is 1.47. The van der Waals surface area contributed by atoms with Crippen molar-refractivity contribution in [1.29, 1.82) is 0 Å². The fourth-order valence-corrected chi connectivity index (χ4v) is 3.04. The SMILES string of the molecule is CCOC(=O)C1CCN(C(=O)c2ccc(OC)c(COC(C)C)c2)CC1. The van der Waals surface area contributed by atoms with Crippen molar-refractivity contribution in [2.24, 2.45) is 5.92 Å². The molecule has 1 heterocycles. The Labute approximate surface area is 155 Å². The number of hydrogen-bond acceptors (Lipinski definition) is 5. The van der Waals surface area contributed by atoms with Crippen molar-refractivity contribution in [3.05, 3.63) is 29.3 Å². The minimum absolute atomic E-state index is 0.0271. The van der Waals surface area contributed by atoms with E-state index in [1.807, 2.05) is 19.9 Å². The molecule has 6 heteroatoms. The minimum Gasteiger partial charge on any atom is -0.496 e. The predicted molar refractivity (Wildman–Crippen MR) is 98.2 cm³/mol. The third-order valence-corrected chi connectivity index (χ3v) is 4.50. The van der Waals surface area contributed by atoms with Gasteiger partial charge < -0.3 is 19.1 Å². The van der Waals surface area contributed by atoms with E-state index in [0.29, 0.717) is 50.5 Å². The van der Waals surface area contributed by atoms with E-state index in [9.17, 15) is 9.59 Å². The van der Waals surface area contributed by atoms with Gasteiger partial charge in [-0.2, -0.15) is 0 Å². The quantitative estimate of drug-likeness (QED) is 0.697. The summed E-state index contributed by atoms with van der Waals surface area (Å²) in [6, 6.07) is 5.41. The third-order valence-electron chi connectivity index (χ3n) is 4.50. The van der Waals surface area contributed by atoms with E-state index in [0.717, 1.165) is 5.56 Å². The molecule has 2 rings (SSSR count). The van der Waals surface area contributed by atoms with E-state index in [-0.39, 0.29) is 23.9 Å². The van der Waals surface area contributed by atoms with Gasteiger partial charge in [0, 0.05) is 24.2 Å². The molecule has 26 heavy (non-hydrogen) atoms. The Bertz CT molecular complexity index is 621. The van der Waals surface area contributed by atoms with Crippen LogP contribution in [0.3, 0.4) is 0 Å². The van der Waals surface area contributed by atoms with Crippen molar-refractivity contribution < 1.29 is 23.8 Å². The Balaban J connectivity index is 2.03. The molecule has 0 aromatic heterocycles. The zero-order valence-corrected chi connectivity index (χ0v) is 16.1. The van der Waals surface area contributed by atoms with E-state index < -0.39 is 0 Å². The largest absolute Gasteiger partial charge is 0.496 e. The van der Waals surface area contributed by atoms with Crippen LogP contribution in [-0.4, -0.2) is 49.7 Å². The van der Waals surface area contributed by atoms with Crippen LogP contribution in [0.2, 0.25) is 0 Å². The molecule has 0 N–H and O–H groups in total. The number of ether oxygens (including phenoxy) is 3. The summed E-state index contributed by atoms with van der Waals surface area (Å²) in [6.07, 6.45) is 1.38. The molecule has 0 spiro atoms. The molecule has 0 unspecified atom stereocenters. The number of methoxy groups -OCH3 is 1. The van der Waals surface area contributed by atoms with Crippen molar-refractivity contribution in [3.8, 4) is 5.75 Å². The number of amides is 1. The molecule has 1 aliphatic rings. The van der Waals surface area contributed by atoms with Crippen molar-refractivity contribution in [2.45, 2.75) is 46.3 Å². The van der Waals surface area contributed by atoms with Gasteiger partial charge in [-0.15, -0.1) is 0 Å². The van der Waals surface area contributed by atoms with Crippen molar-refractivity contribution in [2.75, 3.05) is 26.8 Å². The average Bonchev–Trinajstić information content (AvgIpc) is 2.65. The number of carbonyl (C=O) groups excluding carboxylic acids is 2. The summed E-state index contributed by atoms with van der Waals surface area (Å²) in [6.45, 7) is 7.65. The molecule has 0 atom stereocenters. The summed E-state index contributed by atoms with van der Waals surface area (Å²) in [5, 5.41) is 0. The maximum Gasteiger partial charge on any atom is 0.309 e. The molecule has 6 nitrogen and oxygen atoms in total. The first-order chi connectivity index (χ1) is 12.5.